The Labute approximate surface area is 129 Å². The molecule has 0 bridgehead atoms. The van der Waals surface area contributed by atoms with Crippen molar-refractivity contribution in [2.45, 2.75) is 38.0 Å². The van der Waals surface area contributed by atoms with Crippen molar-refractivity contribution in [1.29, 1.82) is 0 Å². The maximum absolute atomic E-state index is 11.9. The van der Waals surface area contributed by atoms with Crippen molar-refractivity contribution in [1.82, 2.24) is 14.5 Å². The summed E-state index contributed by atoms with van der Waals surface area (Å²) in [5.74, 6) is -0.0438. The van der Waals surface area contributed by atoms with Gasteiger partial charge in [-0.25, -0.2) is 0 Å². The van der Waals surface area contributed by atoms with Gasteiger partial charge in [0.05, 0.1) is 29.2 Å². The van der Waals surface area contributed by atoms with E-state index in [9.17, 15) is 9.90 Å². The minimum Gasteiger partial charge on any atom is -0.388 e. The van der Waals surface area contributed by atoms with Crippen LogP contribution < -0.4 is 5.73 Å². The Bertz CT molecular complexity index is 672. The summed E-state index contributed by atoms with van der Waals surface area (Å²) in [6.45, 7) is 3.31. The summed E-state index contributed by atoms with van der Waals surface area (Å²) in [5.41, 5.74) is 6.79. The Morgan fingerprint density at radius 2 is 2.18 bits per heavy atom. The molecule has 0 radical (unpaired) electrons. The summed E-state index contributed by atoms with van der Waals surface area (Å²) in [5, 5.41) is 10.8. The number of fused-ring (bicyclic) bond motifs is 1. The maximum Gasteiger partial charge on any atom is 0.239 e. The van der Waals surface area contributed by atoms with Crippen molar-refractivity contribution >= 4 is 16.9 Å². The highest BCUT2D eigenvalue weighted by Crippen LogP contribution is 2.26. The van der Waals surface area contributed by atoms with Gasteiger partial charge in [-0.3, -0.25) is 9.78 Å². The summed E-state index contributed by atoms with van der Waals surface area (Å²) in [4.78, 5) is 18.0. The molecule has 1 saturated heterocycles. The molecule has 1 aliphatic rings. The Balaban J connectivity index is 1.70. The number of carbonyl (C=O) groups is 1. The Morgan fingerprint density at radius 1 is 1.45 bits per heavy atom. The monoisotopic (exact) mass is 302 g/mol. The summed E-state index contributed by atoms with van der Waals surface area (Å²) >= 11 is 0. The maximum atomic E-state index is 11.9. The van der Waals surface area contributed by atoms with Crippen LogP contribution in [0, 0.1) is 0 Å². The van der Waals surface area contributed by atoms with E-state index in [1.54, 1.807) is 18.0 Å². The van der Waals surface area contributed by atoms with E-state index in [1.165, 1.54) is 0 Å². The molecule has 1 fully saturated rings. The molecule has 6 nitrogen and oxygen atoms in total. The molecular formula is C16H22N4O2. The predicted molar refractivity (Wildman–Crippen MR) is 84.1 cm³/mol. The number of hydrogen-bond acceptors (Lipinski definition) is 4. The first-order valence-electron chi connectivity index (χ1n) is 7.65. The highest BCUT2D eigenvalue weighted by molar-refractivity contribution is 5.81. The number of piperidine rings is 1. The standard InChI is InChI=1S/C16H22N4O2/c1-12(17)15(21)19-9-5-16(22,6-10-19)11-20-8-4-13-14(20)3-2-7-18-13/h2-4,7-8,12,22H,5-6,9-11,17H2,1H3. The normalized spacial score (nSPS) is 19.3. The first-order chi connectivity index (χ1) is 10.5. The summed E-state index contributed by atoms with van der Waals surface area (Å²) in [6.07, 6.45) is 4.84. The highest BCUT2D eigenvalue weighted by Gasteiger charge is 2.35. The van der Waals surface area contributed by atoms with Crippen LogP contribution in [-0.4, -0.2) is 50.2 Å². The van der Waals surface area contributed by atoms with Crippen molar-refractivity contribution in [3.05, 3.63) is 30.6 Å². The van der Waals surface area contributed by atoms with Crippen molar-refractivity contribution in [3.8, 4) is 0 Å². The number of amides is 1. The molecule has 6 heteroatoms. The Morgan fingerprint density at radius 3 is 2.86 bits per heavy atom. The van der Waals surface area contributed by atoms with Crippen LogP contribution in [0.4, 0.5) is 0 Å². The number of pyridine rings is 1. The molecule has 0 spiro atoms. The Kier molecular flexibility index (Phi) is 3.88. The van der Waals surface area contributed by atoms with Crippen LogP contribution in [0.3, 0.4) is 0 Å². The second-order valence-electron chi connectivity index (χ2n) is 6.19. The Hall–Kier alpha value is -1.92. The lowest BCUT2D eigenvalue weighted by Crippen LogP contribution is -2.51. The molecule has 3 heterocycles. The molecule has 0 saturated carbocycles. The average Bonchev–Trinajstić information content (AvgIpc) is 2.90. The fourth-order valence-electron chi connectivity index (χ4n) is 3.07. The summed E-state index contributed by atoms with van der Waals surface area (Å²) in [6, 6.07) is 5.37. The predicted octanol–water partition coefficient (Wildman–Crippen LogP) is 0.737. The first kappa shape index (κ1) is 15.0. The zero-order chi connectivity index (χ0) is 15.7. The molecule has 2 aromatic heterocycles. The SMILES string of the molecule is CC(N)C(=O)N1CCC(O)(Cn2ccc3ncccc32)CC1. The molecule has 1 atom stereocenters. The summed E-state index contributed by atoms with van der Waals surface area (Å²) in [7, 11) is 0. The minimum atomic E-state index is -0.795. The van der Waals surface area contributed by atoms with Gasteiger partial charge in [-0.15, -0.1) is 0 Å². The number of nitrogens with zero attached hydrogens (tertiary/aromatic N) is 3. The van der Waals surface area contributed by atoms with E-state index >= 15 is 0 Å². The van der Waals surface area contributed by atoms with Gasteiger partial charge in [0.1, 0.15) is 0 Å². The largest absolute Gasteiger partial charge is 0.388 e. The van der Waals surface area contributed by atoms with Crippen LogP contribution in [0.25, 0.3) is 11.0 Å². The van der Waals surface area contributed by atoms with Gasteiger partial charge in [0, 0.05) is 25.5 Å². The minimum absolute atomic E-state index is 0.0438. The average molecular weight is 302 g/mol. The fraction of sp³-hybridized carbons (Fsp3) is 0.500. The second-order valence-corrected chi connectivity index (χ2v) is 6.19. The van der Waals surface area contributed by atoms with Crippen LogP contribution >= 0.6 is 0 Å². The third-order valence-electron chi connectivity index (χ3n) is 4.40. The van der Waals surface area contributed by atoms with Gasteiger partial charge in [0.15, 0.2) is 0 Å². The number of nitrogens with two attached hydrogens (primary N) is 1. The summed E-state index contributed by atoms with van der Waals surface area (Å²) < 4.78 is 2.03. The molecule has 0 aromatic carbocycles. The third-order valence-corrected chi connectivity index (χ3v) is 4.40. The zero-order valence-electron chi connectivity index (χ0n) is 12.8. The quantitative estimate of drug-likeness (QED) is 0.875. The van der Waals surface area contributed by atoms with Crippen LogP contribution in [0.5, 0.6) is 0 Å². The van der Waals surface area contributed by atoms with Crippen molar-refractivity contribution in [2.24, 2.45) is 5.73 Å². The number of aromatic nitrogens is 2. The van der Waals surface area contributed by atoms with Crippen LogP contribution in [0.15, 0.2) is 30.6 Å². The lowest BCUT2D eigenvalue weighted by Gasteiger charge is -2.39. The molecule has 1 aliphatic heterocycles. The van der Waals surface area contributed by atoms with E-state index in [4.69, 9.17) is 5.73 Å². The number of hydrogen-bond donors (Lipinski definition) is 2. The molecule has 2 aromatic rings. The van der Waals surface area contributed by atoms with Crippen LogP contribution in [0.2, 0.25) is 0 Å². The number of rotatable bonds is 3. The fourth-order valence-corrected chi connectivity index (χ4v) is 3.07. The van der Waals surface area contributed by atoms with E-state index in [0.29, 0.717) is 32.5 Å². The molecule has 3 N–H and O–H groups in total. The first-order valence-corrected chi connectivity index (χ1v) is 7.65. The molecule has 22 heavy (non-hydrogen) atoms. The number of likely N-dealkylation sites (tertiary alicyclic amines) is 1. The van der Waals surface area contributed by atoms with Gasteiger partial charge in [-0.05, 0) is 38.0 Å². The van der Waals surface area contributed by atoms with Gasteiger partial charge in [0.2, 0.25) is 5.91 Å². The van der Waals surface area contributed by atoms with Crippen LogP contribution in [0.1, 0.15) is 19.8 Å². The van der Waals surface area contributed by atoms with E-state index in [-0.39, 0.29) is 5.91 Å². The van der Waals surface area contributed by atoms with Gasteiger partial charge >= 0.3 is 0 Å². The zero-order valence-corrected chi connectivity index (χ0v) is 12.8. The van der Waals surface area contributed by atoms with Crippen LogP contribution in [-0.2, 0) is 11.3 Å². The van der Waals surface area contributed by atoms with E-state index in [1.807, 2.05) is 29.0 Å². The van der Waals surface area contributed by atoms with Crippen molar-refractivity contribution < 1.29 is 9.90 Å². The van der Waals surface area contributed by atoms with Crippen molar-refractivity contribution in [3.63, 3.8) is 0 Å². The third kappa shape index (κ3) is 2.84. The van der Waals surface area contributed by atoms with Gasteiger partial charge in [-0.2, -0.15) is 0 Å². The van der Waals surface area contributed by atoms with Crippen molar-refractivity contribution in [2.75, 3.05) is 13.1 Å². The highest BCUT2D eigenvalue weighted by atomic mass is 16.3. The van der Waals surface area contributed by atoms with E-state index in [2.05, 4.69) is 4.98 Å². The topological polar surface area (TPSA) is 84.4 Å². The lowest BCUT2D eigenvalue weighted by atomic mass is 9.91. The van der Waals surface area contributed by atoms with Gasteiger partial charge in [-0.1, -0.05) is 0 Å². The molecule has 118 valence electrons. The van der Waals surface area contributed by atoms with Gasteiger partial charge < -0.3 is 20.3 Å². The number of carbonyl (C=O) groups excluding carboxylic acids is 1. The van der Waals surface area contributed by atoms with Gasteiger partial charge in [0.25, 0.3) is 0 Å². The molecule has 0 aliphatic carbocycles. The molecule has 1 unspecified atom stereocenters. The smallest absolute Gasteiger partial charge is 0.239 e. The van der Waals surface area contributed by atoms with E-state index in [0.717, 1.165) is 11.0 Å². The molecular weight excluding hydrogens is 280 g/mol. The number of aliphatic hydroxyl groups is 1. The molecule has 3 rings (SSSR count). The molecule has 1 amide bonds. The lowest BCUT2D eigenvalue weighted by molar-refractivity contribution is -0.136. The van der Waals surface area contributed by atoms with E-state index < -0.39 is 11.6 Å². The second kappa shape index (κ2) is 5.70.